The number of aromatic nitrogens is 1. The summed E-state index contributed by atoms with van der Waals surface area (Å²) >= 11 is 0. The number of nitrogens with zero attached hydrogens (tertiary/aromatic N) is 2. The minimum atomic E-state index is -1.72. The van der Waals surface area contributed by atoms with E-state index in [2.05, 4.69) is 10.5 Å². The third-order valence-corrected chi connectivity index (χ3v) is 3.63. The number of hydrogen-bond donors (Lipinski definition) is 1. The van der Waals surface area contributed by atoms with Crippen LogP contribution < -0.4 is 5.32 Å². The van der Waals surface area contributed by atoms with Crippen LogP contribution in [0.15, 0.2) is 10.6 Å². The molecule has 1 amide bonds. The molecular formula is C14H20FN3O5. The van der Waals surface area contributed by atoms with Gasteiger partial charge in [0.05, 0.1) is 6.61 Å². The Kier molecular flexibility index (Phi) is 5.54. The van der Waals surface area contributed by atoms with Crippen LogP contribution >= 0.6 is 0 Å². The topological polar surface area (TPSA) is 93.9 Å². The molecule has 0 atom stereocenters. The van der Waals surface area contributed by atoms with Crippen molar-refractivity contribution < 1.29 is 28.0 Å². The van der Waals surface area contributed by atoms with E-state index in [1.165, 1.54) is 13.1 Å². The molecule has 23 heavy (non-hydrogen) atoms. The van der Waals surface area contributed by atoms with E-state index in [0.29, 0.717) is 13.1 Å². The molecule has 1 aliphatic heterocycles. The number of esters is 1. The number of amides is 1. The van der Waals surface area contributed by atoms with Crippen molar-refractivity contribution in [3.05, 3.63) is 17.5 Å². The van der Waals surface area contributed by atoms with E-state index in [9.17, 15) is 14.0 Å². The summed E-state index contributed by atoms with van der Waals surface area (Å²) in [5.74, 6) is -2.17. The quantitative estimate of drug-likeness (QED) is 0.645. The van der Waals surface area contributed by atoms with Crippen LogP contribution in [0.1, 0.15) is 36.0 Å². The largest absolute Gasteiger partial charge is 0.461 e. The Labute approximate surface area is 132 Å². The van der Waals surface area contributed by atoms with Crippen LogP contribution in [0, 0.1) is 0 Å². The van der Waals surface area contributed by atoms with Crippen LogP contribution in [0.4, 0.5) is 9.18 Å². The smallest absolute Gasteiger partial charge is 0.412 e. The van der Waals surface area contributed by atoms with Gasteiger partial charge in [0.15, 0.2) is 23.9 Å². The lowest BCUT2D eigenvalue weighted by molar-refractivity contribution is -0.0394. The normalized spacial score (nSPS) is 16.7. The zero-order chi connectivity index (χ0) is 16.9. The van der Waals surface area contributed by atoms with Gasteiger partial charge >= 0.3 is 12.1 Å². The summed E-state index contributed by atoms with van der Waals surface area (Å²) in [7, 11) is 1.36. The van der Waals surface area contributed by atoms with Gasteiger partial charge < -0.3 is 19.3 Å². The number of halogens is 1. The number of rotatable bonds is 5. The predicted octanol–water partition coefficient (Wildman–Crippen LogP) is 1.47. The molecule has 1 N–H and O–H groups in total. The second-order valence-electron chi connectivity index (χ2n) is 5.18. The molecule has 0 bridgehead atoms. The molecule has 0 radical (unpaired) electrons. The fourth-order valence-electron chi connectivity index (χ4n) is 2.22. The van der Waals surface area contributed by atoms with Gasteiger partial charge in [0, 0.05) is 39.0 Å². The Balaban J connectivity index is 1.87. The van der Waals surface area contributed by atoms with Crippen molar-refractivity contribution >= 4 is 12.1 Å². The molecule has 0 aromatic carbocycles. The Morgan fingerprint density at radius 3 is 2.78 bits per heavy atom. The van der Waals surface area contributed by atoms with Crippen molar-refractivity contribution in [2.24, 2.45) is 0 Å². The molecule has 0 unspecified atom stereocenters. The summed E-state index contributed by atoms with van der Waals surface area (Å²) in [5, 5.41) is 6.55. The molecule has 0 spiro atoms. The second-order valence-corrected chi connectivity index (χ2v) is 5.18. The number of carbonyl (C=O) groups is 2. The van der Waals surface area contributed by atoms with Crippen molar-refractivity contribution in [2.75, 3.05) is 26.7 Å². The fraction of sp³-hybridized carbons (Fsp3) is 0.643. The highest BCUT2D eigenvalue weighted by molar-refractivity contribution is 5.87. The van der Waals surface area contributed by atoms with Gasteiger partial charge in [-0.3, -0.25) is 4.90 Å². The minimum absolute atomic E-state index is 0.00781. The summed E-state index contributed by atoms with van der Waals surface area (Å²) in [5.41, 5.74) is -0.00781. The second kappa shape index (κ2) is 7.40. The van der Waals surface area contributed by atoms with E-state index in [0.717, 1.165) is 4.90 Å². The highest BCUT2D eigenvalue weighted by Crippen LogP contribution is 2.27. The molecule has 1 aliphatic rings. The zero-order valence-electron chi connectivity index (χ0n) is 13.1. The van der Waals surface area contributed by atoms with Gasteiger partial charge in [-0.1, -0.05) is 5.16 Å². The lowest BCUT2D eigenvalue weighted by Gasteiger charge is -2.37. The van der Waals surface area contributed by atoms with Gasteiger partial charge in [-0.25, -0.2) is 14.0 Å². The molecule has 0 saturated carbocycles. The van der Waals surface area contributed by atoms with Crippen molar-refractivity contribution in [3.63, 3.8) is 0 Å². The number of hydrogen-bond acceptors (Lipinski definition) is 7. The first-order chi connectivity index (χ1) is 11.0. The monoisotopic (exact) mass is 329 g/mol. The molecule has 9 heteroatoms. The molecule has 2 heterocycles. The molecule has 1 saturated heterocycles. The van der Waals surface area contributed by atoms with Gasteiger partial charge in [0.25, 0.3) is 0 Å². The first-order valence-electron chi connectivity index (χ1n) is 7.39. The molecule has 128 valence electrons. The van der Waals surface area contributed by atoms with E-state index in [-0.39, 0.29) is 37.5 Å². The molecule has 2 rings (SSSR count). The number of ether oxygens (including phenoxy) is 2. The molecular weight excluding hydrogens is 309 g/mol. The molecule has 1 aromatic rings. The van der Waals surface area contributed by atoms with E-state index in [4.69, 9.17) is 14.0 Å². The summed E-state index contributed by atoms with van der Waals surface area (Å²) in [6.45, 7) is 2.64. The van der Waals surface area contributed by atoms with Crippen LogP contribution in [0.3, 0.4) is 0 Å². The van der Waals surface area contributed by atoms with Gasteiger partial charge in [0.2, 0.25) is 0 Å². The molecule has 8 nitrogen and oxygen atoms in total. The van der Waals surface area contributed by atoms with E-state index < -0.39 is 17.9 Å². The maximum Gasteiger partial charge on any atom is 0.412 e. The maximum atomic E-state index is 14.6. The minimum Gasteiger partial charge on any atom is -0.461 e. The van der Waals surface area contributed by atoms with Crippen molar-refractivity contribution in [3.8, 4) is 0 Å². The van der Waals surface area contributed by atoms with Crippen LogP contribution in [0.5, 0.6) is 0 Å². The molecule has 1 aromatic heterocycles. The summed E-state index contributed by atoms with van der Waals surface area (Å²) in [6.07, 6.45) is -0.398. The van der Waals surface area contributed by atoms with Crippen LogP contribution in [0.25, 0.3) is 0 Å². The van der Waals surface area contributed by atoms with Crippen LogP contribution in [-0.4, -0.2) is 54.7 Å². The SMILES string of the molecule is CCOC(=O)c1cc(COC(=O)N(C)C2(F)CCNCC2)on1. The Morgan fingerprint density at radius 2 is 2.13 bits per heavy atom. The lowest BCUT2D eigenvalue weighted by Crippen LogP contribution is -2.52. The van der Waals surface area contributed by atoms with Crippen molar-refractivity contribution in [1.82, 2.24) is 15.4 Å². The molecule has 1 fully saturated rings. The zero-order valence-corrected chi connectivity index (χ0v) is 13.1. The Hall–Kier alpha value is -2.16. The van der Waals surface area contributed by atoms with Crippen molar-refractivity contribution in [2.45, 2.75) is 32.2 Å². The van der Waals surface area contributed by atoms with Gasteiger partial charge in [-0.2, -0.15) is 0 Å². The van der Waals surface area contributed by atoms with E-state index >= 15 is 0 Å². The highest BCUT2D eigenvalue weighted by atomic mass is 19.1. The summed E-state index contributed by atoms with van der Waals surface area (Å²) in [4.78, 5) is 24.3. The average Bonchev–Trinajstić information content (AvgIpc) is 3.02. The Morgan fingerprint density at radius 1 is 1.43 bits per heavy atom. The summed E-state index contributed by atoms with van der Waals surface area (Å²) in [6, 6.07) is 1.32. The number of carbonyl (C=O) groups excluding carboxylic acids is 2. The van der Waals surface area contributed by atoms with E-state index in [1.54, 1.807) is 6.92 Å². The first-order valence-corrected chi connectivity index (χ1v) is 7.39. The average molecular weight is 329 g/mol. The number of nitrogens with one attached hydrogen (secondary N) is 1. The van der Waals surface area contributed by atoms with Crippen molar-refractivity contribution in [1.29, 1.82) is 0 Å². The maximum absolute atomic E-state index is 14.6. The van der Waals surface area contributed by atoms with Gasteiger partial charge in [0.1, 0.15) is 0 Å². The number of alkyl halides is 1. The third-order valence-electron chi connectivity index (χ3n) is 3.63. The fourth-order valence-corrected chi connectivity index (χ4v) is 2.22. The van der Waals surface area contributed by atoms with Gasteiger partial charge in [-0.15, -0.1) is 0 Å². The van der Waals surface area contributed by atoms with Gasteiger partial charge in [-0.05, 0) is 6.92 Å². The number of piperidine rings is 1. The lowest BCUT2D eigenvalue weighted by atomic mass is 10.0. The molecule has 0 aliphatic carbocycles. The Bertz CT molecular complexity index is 556. The first kappa shape index (κ1) is 17.2. The third kappa shape index (κ3) is 4.19. The van der Waals surface area contributed by atoms with Crippen LogP contribution in [-0.2, 0) is 16.1 Å². The summed E-state index contributed by atoms with van der Waals surface area (Å²) < 4.78 is 29.3. The van der Waals surface area contributed by atoms with Crippen LogP contribution in [0.2, 0.25) is 0 Å². The standard InChI is InChI=1S/C14H20FN3O5/c1-3-21-12(19)11-8-10(23-17-11)9-22-13(20)18(2)14(15)4-6-16-7-5-14/h8,16H,3-7,9H2,1-2H3. The van der Waals surface area contributed by atoms with E-state index in [1.807, 2.05) is 0 Å². The highest BCUT2D eigenvalue weighted by Gasteiger charge is 2.39. The predicted molar refractivity (Wildman–Crippen MR) is 76.4 cm³/mol.